The molecule has 1 heterocycles. The Hall–Kier alpha value is -3.26. The molecule has 1 aromatic heterocycles. The smallest absolute Gasteiger partial charge is 0.238 e. The fraction of sp³-hybridized carbons (Fsp3) is 0.300. The van der Waals surface area contributed by atoms with Crippen LogP contribution in [0, 0.1) is 0 Å². The third-order valence-corrected chi connectivity index (χ3v) is 4.19. The van der Waals surface area contributed by atoms with Crippen molar-refractivity contribution < 1.29 is 9.53 Å². The summed E-state index contributed by atoms with van der Waals surface area (Å²) >= 11 is 0. The van der Waals surface area contributed by atoms with E-state index in [0.29, 0.717) is 23.8 Å². The maximum atomic E-state index is 12.6. The van der Waals surface area contributed by atoms with Crippen molar-refractivity contribution in [3.8, 4) is 11.4 Å². The highest BCUT2D eigenvalue weighted by atomic mass is 16.5. The molecule has 0 saturated carbocycles. The first-order valence-corrected chi connectivity index (χ1v) is 9.19. The molecular formula is C20H24N6O2. The number of nitrogens with one attached hydrogen (secondary N) is 1. The Morgan fingerprint density at radius 2 is 1.89 bits per heavy atom. The van der Waals surface area contributed by atoms with Crippen LogP contribution in [0.3, 0.4) is 0 Å². The lowest BCUT2D eigenvalue weighted by molar-refractivity contribution is -0.117. The van der Waals surface area contributed by atoms with E-state index in [-0.39, 0.29) is 12.5 Å². The van der Waals surface area contributed by atoms with Crippen LogP contribution in [0.25, 0.3) is 5.69 Å². The van der Waals surface area contributed by atoms with Gasteiger partial charge < -0.3 is 10.1 Å². The van der Waals surface area contributed by atoms with E-state index in [4.69, 9.17) is 4.74 Å². The molecule has 0 bridgehead atoms. The molecule has 0 atom stereocenters. The van der Waals surface area contributed by atoms with Gasteiger partial charge in [-0.05, 0) is 47.7 Å². The first-order chi connectivity index (χ1) is 13.7. The van der Waals surface area contributed by atoms with E-state index < -0.39 is 0 Å². The van der Waals surface area contributed by atoms with Gasteiger partial charge in [0.15, 0.2) is 5.82 Å². The minimum Gasteiger partial charge on any atom is -0.495 e. The summed E-state index contributed by atoms with van der Waals surface area (Å²) < 4.78 is 6.99. The van der Waals surface area contributed by atoms with Crippen molar-refractivity contribution in [1.82, 2.24) is 25.1 Å². The fourth-order valence-electron chi connectivity index (χ4n) is 2.95. The van der Waals surface area contributed by atoms with E-state index in [2.05, 4.69) is 27.8 Å². The summed E-state index contributed by atoms with van der Waals surface area (Å²) in [4.78, 5) is 14.6. The van der Waals surface area contributed by atoms with Crippen LogP contribution in [0.2, 0.25) is 0 Å². The Balaban J connectivity index is 1.69. The van der Waals surface area contributed by atoms with Crippen LogP contribution in [0.1, 0.15) is 19.2 Å². The van der Waals surface area contributed by atoms with Crippen LogP contribution in [0.15, 0.2) is 54.6 Å². The van der Waals surface area contributed by atoms with E-state index in [9.17, 15) is 4.79 Å². The van der Waals surface area contributed by atoms with Gasteiger partial charge in [0.25, 0.3) is 0 Å². The lowest BCUT2D eigenvalue weighted by Gasteiger charge is -2.21. The van der Waals surface area contributed by atoms with Crippen LogP contribution in [-0.4, -0.2) is 51.2 Å². The highest BCUT2D eigenvalue weighted by Crippen LogP contribution is 2.23. The number of hydrogen-bond donors (Lipinski definition) is 1. The molecule has 0 spiro atoms. The lowest BCUT2D eigenvalue weighted by atomic mass is 10.3. The van der Waals surface area contributed by atoms with E-state index in [1.54, 1.807) is 11.8 Å². The van der Waals surface area contributed by atoms with Gasteiger partial charge in [-0.25, -0.2) is 0 Å². The summed E-state index contributed by atoms with van der Waals surface area (Å²) in [5.74, 6) is 1.20. The lowest BCUT2D eigenvalue weighted by Crippen LogP contribution is -2.34. The van der Waals surface area contributed by atoms with Gasteiger partial charge in [-0.2, -0.15) is 4.68 Å². The molecule has 0 unspecified atom stereocenters. The molecule has 0 saturated heterocycles. The summed E-state index contributed by atoms with van der Waals surface area (Å²) in [5, 5.41) is 14.9. The van der Waals surface area contributed by atoms with Crippen LogP contribution in [0.5, 0.6) is 5.75 Å². The molecule has 146 valence electrons. The first kappa shape index (κ1) is 19.5. The van der Waals surface area contributed by atoms with Gasteiger partial charge in [0.2, 0.25) is 5.91 Å². The molecular weight excluding hydrogens is 356 g/mol. The molecule has 3 aromatic rings. The summed E-state index contributed by atoms with van der Waals surface area (Å²) in [5.41, 5.74) is 1.54. The molecule has 1 amide bonds. The first-order valence-electron chi connectivity index (χ1n) is 9.19. The number of tetrazole rings is 1. The second-order valence-corrected chi connectivity index (χ2v) is 6.30. The second-order valence-electron chi connectivity index (χ2n) is 6.30. The molecule has 0 radical (unpaired) electrons. The van der Waals surface area contributed by atoms with Gasteiger partial charge in [0.05, 0.1) is 31.6 Å². The van der Waals surface area contributed by atoms with E-state index >= 15 is 0 Å². The predicted octanol–water partition coefficient (Wildman–Crippen LogP) is 2.52. The number of hydrogen-bond acceptors (Lipinski definition) is 6. The number of aromatic nitrogens is 4. The Bertz CT molecular complexity index is 896. The number of methoxy groups -OCH3 is 1. The summed E-state index contributed by atoms with van der Waals surface area (Å²) in [6.45, 7) is 3.52. The third kappa shape index (κ3) is 4.92. The average molecular weight is 380 g/mol. The van der Waals surface area contributed by atoms with Gasteiger partial charge in [-0.3, -0.25) is 9.69 Å². The highest BCUT2D eigenvalue weighted by Gasteiger charge is 2.16. The van der Waals surface area contributed by atoms with E-state index in [1.165, 1.54) is 0 Å². The van der Waals surface area contributed by atoms with Gasteiger partial charge in [-0.15, -0.1) is 5.10 Å². The number of carbonyl (C=O) groups is 1. The maximum Gasteiger partial charge on any atom is 0.238 e. The summed E-state index contributed by atoms with van der Waals surface area (Å²) in [7, 11) is 1.58. The van der Waals surface area contributed by atoms with Gasteiger partial charge >= 0.3 is 0 Å². The number of carbonyl (C=O) groups excluding carboxylic acids is 1. The van der Waals surface area contributed by atoms with Crippen molar-refractivity contribution in [2.45, 2.75) is 19.9 Å². The predicted molar refractivity (Wildman–Crippen MR) is 106 cm³/mol. The monoisotopic (exact) mass is 380 g/mol. The van der Waals surface area contributed by atoms with Crippen molar-refractivity contribution in [3.63, 3.8) is 0 Å². The number of anilines is 1. The standard InChI is InChI=1S/C20H24N6O2/c1-3-13-25(15-20(27)21-17-11-7-8-12-18(17)28-2)14-19-22-23-24-26(19)16-9-5-4-6-10-16/h4-12H,3,13-15H2,1-2H3,(H,21,27). The average Bonchev–Trinajstić information content (AvgIpc) is 3.17. The topological polar surface area (TPSA) is 85.2 Å². The van der Waals surface area contributed by atoms with Crippen LogP contribution >= 0.6 is 0 Å². The zero-order valence-electron chi connectivity index (χ0n) is 16.1. The molecule has 0 aliphatic heterocycles. The molecule has 8 heteroatoms. The van der Waals surface area contributed by atoms with Crippen molar-refractivity contribution in [1.29, 1.82) is 0 Å². The third-order valence-electron chi connectivity index (χ3n) is 4.19. The van der Waals surface area contributed by atoms with Crippen LogP contribution in [0.4, 0.5) is 5.69 Å². The Morgan fingerprint density at radius 1 is 1.14 bits per heavy atom. The molecule has 0 aliphatic rings. The molecule has 0 fully saturated rings. The number of rotatable bonds is 9. The zero-order chi connectivity index (χ0) is 19.8. The second kappa shape index (κ2) is 9.61. The van der Waals surface area contributed by atoms with E-state index in [1.807, 2.05) is 59.5 Å². The SMILES string of the molecule is CCCN(CC(=O)Nc1ccccc1OC)Cc1nnnn1-c1ccccc1. The minimum atomic E-state index is -0.114. The van der Waals surface area contributed by atoms with Crippen molar-refractivity contribution in [3.05, 3.63) is 60.4 Å². The molecule has 3 rings (SSSR count). The highest BCUT2D eigenvalue weighted by molar-refractivity contribution is 5.93. The number of nitrogens with zero attached hydrogens (tertiary/aromatic N) is 5. The molecule has 2 aromatic carbocycles. The quantitative estimate of drug-likeness (QED) is 0.614. The number of para-hydroxylation sites is 3. The maximum absolute atomic E-state index is 12.6. The summed E-state index contributed by atoms with van der Waals surface area (Å²) in [6.07, 6.45) is 0.912. The van der Waals surface area contributed by atoms with Crippen LogP contribution in [-0.2, 0) is 11.3 Å². The minimum absolute atomic E-state index is 0.114. The van der Waals surface area contributed by atoms with Crippen molar-refractivity contribution in [2.24, 2.45) is 0 Å². The molecule has 8 nitrogen and oxygen atoms in total. The Labute approximate surface area is 164 Å². The largest absolute Gasteiger partial charge is 0.495 e. The number of ether oxygens (including phenoxy) is 1. The molecule has 1 N–H and O–H groups in total. The van der Waals surface area contributed by atoms with Crippen molar-refractivity contribution in [2.75, 3.05) is 25.5 Å². The molecule has 28 heavy (non-hydrogen) atoms. The zero-order valence-corrected chi connectivity index (χ0v) is 16.1. The summed E-state index contributed by atoms with van der Waals surface area (Å²) in [6, 6.07) is 17.0. The normalized spacial score (nSPS) is 10.8. The van der Waals surface area contributed by atoms with Gasteiger partial charge in [-0.1, -0.05) is 37.3 Å². The Morgan fingerprint density at radius 3 is 2.64 bits per heavy atom. The van der Waals surface area contributed by atoms with Gasteiger partial charge in [0.1, 0.15) is 5.75 Å². The number of benzene rings is 2. The molecule has 0 aliphatic carbocycles. The van der Waals surface area contributed by atoms with E-state index in [0.717, 1.165) is 18.7 Å². The van der Waals surface area contributed by atoms with Gasteiger partial charge in [0, 0.05) is 0 Å². The fourth-order valence-corrected chi connectivity index (χ4v) is 2.95. The Kier molecular flexibility index (Phi) is 6.69. The number of amides is 1. The van der Waals surface area contributed by atoms with Crippen molar-refractivity contribution >= 4 is 11.6 Å². The van der Waals surface area contributed by atoms with Crippen LogP contribution < -0.4 is 10.1 Å².